The van der Waals surface area contributed by atoms with Gasteiger partial charge in [0.15, 0.2) is 11.5 Å². The SMILES string of the molecule is COc1cc(C)c(C(=O)N2CCN3CCCC3C2)cc1OC. The molecule has 0 spiro atoms. The number of carbonyl (C=O) groups excluding carboxylic acids is 1. The smallest absolute Gasteiger partial charge is 0.254 e. The van der Waals surface area contributed by atoms with Crippen LogP contribution in [0.1, 0.15) is 28.8 Å². The first-order valence-electron chi connectivity index (χ1n) is 7.90. The number of ether oxygens (including phenoxy) is 2. The van der Waals surface area contributed by atoms with E-state index in [2.05, 4.69) is 4.90 Å². The van der Waals surface area contributed by atoms with Crippen LogP contribution in [0.3, 0.4) is 0 Å². The molecule has 1 amide bonds. The van der Waals surface area contributed by atoms with Crippen LogP contribution < -0.4 is 9.47 Å². The van der Waals surface area contributed by atoms with Crippen LogP contribution in [0.25, 0.3) is 0 Å². The van der Waals surface area contributed by atoms with E-state index in [4.69, 9.17) is 9.47 Å². The third-order valence-corrected chi connectivity index (χ3v) is 4.84. The molecular formula is C17H24N2O3. The van der Waals surface area contributed by atoms with E-state index in [9.17, 15) is 4.79 Å². The van der Waals surface area contributed by atoms with E-state index in [-0.39, 0.29) is 5.91 Å². The fourth-order valence-electron chi connectivity index (χ4n) is 3.56. The van der Waals surface area contributed by atoms with Gasteiger partial charge in [0.25, 0.3) is 5.91 Å². The summed E-state index contributed by atoms with van der Waals surface area (Å²) in [7, 11) is 3.21. The number of benzene rings is 1. The number of amides is 1. The van der Waals surface area contributed by atoms with Crippen LogP contribution in [-0.4, -0.2) is 62.1 Å². The first kappa shape index (κ1) is 15.2. The molecule has 1 aromatic rings. The van der Waals surface area contributed by atoms with Crippen molar-refractivity contribution in [3.63, 3.8) is 0 Å². The topological polar surface area (TPSA) is 42.0 Å². The maximum atomic E-state index is 12.9. The predicted molar refractivity (Wildman–Crippen MR) is 84.8 cm³/mol. The van der Waals surface area contributed by atoms with E-state index < -0.39 is 0 Å². The molecule has 0 aliphatic carbocycles. The fourth-order valence-corrected chi connectivity index (χ4v) is 3.56. The van der Waals surface area contributed by atoms with Crippen molar-refractivity contribution in [2.24, 2.45) is 0 Å². The molecule has 2 saturated heterocycles. The summed E-state index contributed by atoms with van der Waals surface area (Å²) in [5.74, 6) is 1.37. The summed E-state index contributed by atoms with van der Waals surface area (Å²) < 4.78 is 10.6. The van der Waals surface area contributed by atoms with Gasteiger partial charge in [0, 0.05) is 31.2 Å². The van der Waals surface area contributed by atoms with Gasteiger partial charge in [-0.25, -0.2) is 0 Å². The van der Waals surface area contributed by atoms with Gasteiger partial charge in [0.1, 0.15) is 0 Å². The number of fused-ring (bicyclic) bond motifs is 1. The third kappa shape index (κ3) is 2.65. The van der Waals surface area contributed by atoms with Gasteiger partial charge in [-0.3, -0.25) is 9.69 Å². The summed E-state index contributed by atoms with van der Waals surface area (Å²) in [6, 6.07) is 4.22. The summed E-state index contributed by atoms with van der Waals surface area (Å²) in [5, 5.41) is 0. The van der Waals surface area contributed by atoms with Crippen molar-refractivity contribution in [2.45, 2.75) is 25.8 Å². The average Bonchev–Trinajstić information content (AvgIpc) is 3.01. The molecule has 0 saturated carbocycles. The van der Waals surface area contributed by atoms with E-state index in [1.807, 2.05) is 17.9 Å². The zero-order valence-electron chi connectivity index (χ0n) is 13.6. The van der Waals surface area contributed by atoms with E-state index >= 15 is 0 Å². The lowest BCUT2D eigenvalue weighted by atomic mass is 10.0. The zero-order valence-corrected chi connectivity index (χ0v) is 13.6. The van der Waals surface area contributed by atoms with Gasteiger partial charge >= 0.3 is 0 Å². The maximum Gasteiger partial charge on any atom is 0.254 e. The van der Waals surface area contributed by atoms with Crippen molar-refractivity contribution in [3.8, 4) is 11.5 Å². The molecule has 0 N–H and O–H groups in total. The van der Waals surface area contributed by atoms with Crippen LogP contribution in [0.5, 0.6) is 11.5 Å². The van der Waals surface area contributed by atoms with Crippen LogP contribution >= 0.6 is 0 Å². The van der Waals surface area contributed by atoms with Gasteiger partial charge in [-0.1, -0.05) is 0 Å². The Morgan fingerprint density at radius 3 is 2.59 bits per heavy atom. The minimum Gasteiger partial charge on any atom is -0.493 e. The lowest BCUT2D eigenvalue weighted by molar-refractivity contribution is 0.0570. The van der Waals surface area contributed by atoms with Gasteiger partial charge in [-0.05, 0) is 44.0 Å². The molecule has 2 aliphatic rings. The molecule has 2 fully saturated rings. The predicted octanol–water partition coefficient (Wildman–Crippen LogP) is 1.93. The minimum absolute atomic E-state index is 0.102. The van der Waals surface area contributed by atoms with Crippen molar-refractivity contribution in [1.82, 2.24) is 9.80 Å². The number of piperazine rings is 1. The van der Waals surface area contributed by atoms with Crippen LogP contribution in [-0.2, 0) is 0 Å². The second-order valence-corrected chi connectivity index (χ2v) is 6.11. The molecule has 1 atom stereocenters. The second-order valence-electron chi connectivity index (χ2n) is 6.11. The zero-order chi connectivity index (χ0) is 15.7. The van der Waals surface area contributed by atoms with Crippen molar-refractivity contribution >= 4 is 5.91 Å². The molecule has 2 aliphatic heterocycles. The molecule has 2 heterocycles. The Hall–Kier alpha value is -1.75. The monoisotopic (exact) mass is 304 g/mol. The summed E-state index contributed by atoms with van der Waals surface area (Å²) in [4.78, 5) is 17.4. The maximum absolute atomic E-state index is 12.9. The molecular weight excluding hydrogens is 280 g/mol. The van der Waals surface area contributed by atoms with E-state index in [1.165, 1.54) is 19.4 Å². The molecule has 5 heteroatoms. The lowest BCUT2D eigenvalue weighted by Crippen LogP contribution is -2.52. The Morgan fingerprint density at radius 2 is 1.86 bits per heavy atom. The highest BCUT2D eigenvalue weighted by molar-refractivity contribution is 5.96. The van der Waals surface area contributed by atoms with Crippen molar-refractivity contribution in [3.05, 3.63) is 23.3 Å². The molecule has 3 rings (SSSR count). The normalized spacial score (nSPS) is 21.6. The van der Waals surface area contributed by atoms with Crippen molar-refractivity contribution in [1.29, 1.82) is 0 Å². The Bertz CT molecular complexity index is 573. The van der Waals surface area contributed by atoms with Gasteiger partial charge in [-0.15, -0.1) is 0 Å². The van der Waals surface area contributed by atoms with E-state index in [1.54, 1.807) is 20.3 Å². The van der Waals surface area contributed by atoms with Gasteiger partial charge in [-0.2, -0.15) is 0 Å². The molecule has 1 unspecified atom stereocenters. The number of hydrogen-bond acceptors (Lipinski definition) is 4. The molecule has 0 aromatic heterocycles. The number of rotatable bonds is 3. The Morgan fingerprint density at radius 1 is 1.14 bits per heavy atom. The van der Waals surface area contributed by atoms with Crippen LogP contribution in [0.2, 0.25) is 0 Å². The highest BCUT2D eigenvalue weighted by atomic mass is 16.5. The number of hydrogen-bond donors (Lipinski definition) is 0. The summed E-state index contributed by atoms with van der Waals surface area (Å²) in [6.07, 6.45) is 2.46. The largest absolute Gasteiger partial charge is 0.493 e. The first-order valence-corrected chi connectivity index (χ1v) is 7.90. The minimum atomic E-state index is 0.102. The van der Waals surface area contributed by atoms with Gasteiger partial charge < -0.3 is 14.4 Å². The number of nitrogens with zero attached hydrogens (tertiary/aromatic N) is 2. The summed E-state index contributed by atoms with van der Waals surface area (Å²) >= 11 is 0. The Kier molecular flexibility index (Phi) is 4.25. The van der Waals surface area contributed by atoms with Gasteiger partial charge in [0.2, 0.25) is 0 Å². The average molecular weight is 304 g/mol. The number of methoxy groups -OCH3 is 2. The standard InChI is InChI=1S/C17H24N2O3/c1-12-9-15(21-2)16(22-3)10-14(12)17(20)19-8-7-18-6-4-5-13(18)11-19/h9-10,13H,4-8,11H2,1-3H3. The Balaban J connectivity index is 1.82. The molecule has 120 valence electrons. The number of carbonyl (C=O) groups is 1. The summed E-state index contributed by atoms with van der Waals surface area (Å²) in [6.45, 7) is 5.77. The molecule has 1 aromatic carbocycles. The highest BCUT2D eigenvalue weighted by Gasteiger charge is 2.33. The van der Waals surface area contributed by atoms with E-state index in [0.717, 1.165) is 25.2 Å². The van der Waals surface area contributed by atoms with Crippen LogP contribution in [0, 0.1) is 6.92 Å². The van der Waals surface area contributed by atoms with Crippen molar-refractivity contribution < 1.29 is 14.3 Å². The quantitative estimate of drug-likeness (QED) is 0.856. The molecule has 0 radical (unpaired) electrons. The molecule has 5 nitrogen and oxygen atoms in total. The fraction of sp³-hybridized carbons (Fsp3) is 0.588. The number of aryl methyl sites for hydroxylation is 1. The highest BCUT2D eigenvalue weighted by Crippen LogP contribution is 2.31. The second kappa shape index (κ2) is 6.16. The van der Waals surface area contributed by atoms with E-state index in [0.29, 0.717) is 23.1 Å². The Labute approximate surface area is 131 Å². The van der Waals surface area contributed by atoms with Gasteiger partial charge in [0.05, 0.1) is 14.2 Å². The summed E-state index contributed by atoms with van der Waals surface area (Å²) in [5.41, 5.74) is 1.64. The molecule has 22 heavy (non-hydrogen) atoms. The van der Waals surface area contributed by atoms with Crippen LogP contribution in [0.4, 0.5) is 0 Å². The third-order valence-electron chi connectivity index (χ3n) is 4.84. The lowest BCUT2D eigenvalue weighted by Gasteiger charge is -2.37. The molecule has 0 bridgehead atoms. The van der Waals surface area contributed by atoms with Crippen molar-refractivity contribution in [2.75, 3.05) is 40.4 Å². The first-order chi connectivity index (χ1) is 10.6. The van der Waals surface area contributed by atoms with Crippen LogP contribution in [0.15, 0.2) is 12.1 Å².